The third kappa shape index (κ3) is 4.83. The average Bonchev–Trinajstić information content (AvgIpc) is 3.23. The van der Waals surface area contributed by atoms with Crippen molar-refractivity contribution in [3.63, 3.8) is 0 Å². The fraction of sp³-hybridized carbons (Fsp3) is 0.647. The predicted octanol–water partition coefficient (Wildman–Crippen LogP) is -2.86. The van der Waals surface area contributed by atoms with Crippen LogP contribution in [0.3, 0.4) is 0 Å². The first-order chi connectivity index (χ1) is 14.5. The van der Waals surface area contributed by atoms with E-state index in [1.165, 1.54) is 12.7 Å². The van der Waals surface area contributed by atoms with Crippen molar-refractivity contribution in [3.05, 3.63) is 12.7 Å². The highest BCUT2D eigenvalue weighted by molar-refractivity contribution is 5.82. The van der Waals surface area contributed by atoms with Gasteiger partial charge in [-0.05, 0) is 19.4 Å². The molecule has 1 fully saturated rings. The zero-order valence-electron chi connectivity index (χ0n) is 16.3. The molecule has 0 radical (unpaired) electrons. The monoisotopic (exact) mass is 424 g/mol. The van der Waals surface area contributed by atoms with Crippen LogP contribution in [-0.2, 0) is 9.53 Å². The van der Waals surface area contributed by atoms with Crippen LogP contribution in [0, 0.1) is 0 Å². The zero-order chi connectivity index (χ0) is 21.7. The summed E-state index contributed by atoms with van der Waals surface area (Å²) in [5.41, 5.74) is 12.2. The maximum atomic E-state index is 12.4. The lowest BCUT2D eigenvalue weighted by Crippen LogP contribution is -2.66. The number of hydrogen-bond donors (Lipinski definition) is 8. The van der Waals surface area contributed by atoms with Gasteiger partial charge in [0.25, 0.3) is 0 Å². The molecule has 0 unspecified atom stereocenters. The molecule has 1 amide bonds. The topological polar surface area (TPSA) is 218 Å². The highest BCUT2D eigenvalue weighted by Crippen LogP contribution is 2.24. The Labute approximate surface area is 172 Å². The van der Waals surface area contributed by atoms with E-state index in [1.54, 1.807) is 0 Å². The van der Waals surface area contributed by atoms with E-state index < -0.39 is 49.1 Å². The van der Waals surface area contributed by atoms with Crippen LogP contribution in [-0.4, -0.2) is 90.9 Å². The molecular formula is C17H28N8O5. The summed E-state index contributed by atoms with van der Waals surface area (Å²) in [6.07, 6.45) is -0.358. The Morgan fingerprint density at radius 1 is 1.27 bits per heavy atom. The van der Waals surface area contributed by atoms with Gasteiger partial charge in [0.1, 0.15) is 30.2 Å². The molecule has 3 heterocycles. The van der Waals surface area contributed by atoms with Crippen molar-refractivity contribution in [2.24, 2.45) is 11.5 Å². The van der Waals surface area contributed by atoms with Gasteiger partial charge in [0.05, 0.1) is 25.0 Å². The Hall–Kier alpha value is -2.42. The molecule has 3 rings (SSSR count). The van der Waals surface area contributed by atoms with Crippen LogP contribution < -0.4 is 22.1 Å². The zero-order valence-corrected chi connectivity index (χ0v) is 16.3. The van der Waals surface area contributed by atoms with E-state index in [0.717, 1.165) is 6.42 Å². The maximum Gasteiger partial charge on any atom is 0.237 e. The molecule has 2 aromatic heterocycles. The molecule has 13 heteroatoms. The molecule has 166 valence electrons. The van der Waals surface area contributed by atoms with Crippen LogP contribution >= 0.6 is 0 Å². The quantitative estimate of drug-likeness (QED) is 0.191. The molecule has 0 aliphatic carbocycles. The number of hydrogen-bond acceptors (Lipinski definition) is 11. The fourth-order valence-corrected chi connectivity index (χ4v) is 3.34. The Bertz CT molecular complexity index is 833. The van der Waals surface area contributed by atoms with Gasteiger partial charge in [-0.2, -0.15) is 0 Å². The third-order valence-electron chi connectivity index (χ3n) is 5.05. The maximum absolute atomic E-state index is 12.4. The largest absolute Gasteiger partial charge is 0.394 e. The lowest BCUT2D eigenvalue weighted by Gasteiger charge is -2.43. The van der Waals surface area contributed by atoms with E-state index in [4.69, 9.17) is 16.2 Å². The van der Waals surface area contributed by atoms with E-state index in [-0.39, 0.29) is 0 Å². The molecule has 0 saturated carbocycles. The lowest BCUT2D eigenvalue weighted by molar-refractivity contribution is -0.185. The molecule has 1 saturated heterocycles. The number of imidazole rings is 1. The number of amides is 1. The number of fused-ring (bicyclic) bond motifs is 1. The Balaban J connectivity index is 1.67. The summed E-state index contributed by atoms with van der Waals surface area (Å²) in [5.74, 6) is -0.207. The minimum atomic E-state index is -1.43. The normalized spacial score (nSPS) is 27.7. The van der Waals surface area contributed by atoms with Gasteiger partial charge in [0.15, 0.2) is 17.7 Å². The summed E-state index contributed by atoms with van der Waals surface area (Å²) in [4.78, 5) is 27.3. The Morgan fingerprint density at radius 3 is 2.80 bits per heavy atom. The number of nitrogens with zero attached hydrogens (tertiary/aromatic N) is 3. The van der Waals surface area contributed by atoms with Crippen LogP contribution in [0.15, 0.2) is 12.7 Å². The van der Waals surface area contributed by atoms with Gasteiger partial charge in [-0.15, -0.1) is 0 Å². The van der Waals surface area contributed by atoms with E-state index in [1.807, 2.05) is 0 Å². The number of aromatic nitrogens is 4. The molecule has 10 N–H and O–H groups in total. The minimum absolute atomic E-state index is 0.301. The lowest BCUT2D eigenvalue weighted by atomic mass is 9.95. The molecule has 0 bridgehead atoms. The van der Waals surface area contributed by atoms with E-state index in [2.05, 4.69) is 30.6 Å². The number of aliphatic hydroxyl groups excluding tert-OH is 3. The predicted molar refractivity (Wildman–Crippen MR) is 106 cm³/mol. The van der Waals surface area contributed by atoms with Gasteiger partial charge in [-0.25, -0.2) is 15.0 Å². The first-order valence-corrected chi connectivity index (χ1v) is 9.75. The number of carbonyl (C=O) groups is 1. The standard InChI is InChI=1S/C17H28N8O5/c18-4-2-1-3-8(19)16(29)24-10-9(5-26)30-17(13(28)12(10)27)25-15-11-14(21-6-20-11)22-7-23-15/h6-10,12-13,17,26-28H,1-5,18-19H2,(H,24,29)(H2,20,21,22,23,25)/t8-,9+,10+,12-,13+,17+/m1/s1. The van der Waals surface area contributed by atoms with Crippen LogP contribution in [0.1, 0.15) is 19.3 Å². The fourth-order valence-electron chi connectivity index (χ4n) is 3.34. The second kappa shape index (κ2) is 10.1. The van der Waals surface area contributed by atoms with Crippen molar-refractivity contribution in [2.75, 3.05) is 18.5 Å². The summed E-state index contributed by atoms with van der Waals surface area (Å²) >= 11 is 0. The first-order valence-electron chi connectivity index (χ1n) is 9.75. The smallest absolute Gasteiger partial charge is 0.237 e. The molecule has 2 aromatic rings. The molecule has 6 atom stereocenters. The van der Waals surface area contributed by atoms with Crippen molar-refractivity contribution in [3.8, 4) is 0 Å². The van der Waals surface area contributed by atoms with Crippen LogP contribution in [0.4, 0.5) is 5.82 Å². The average molecular weight is 424 g/mol. The molecular weight excluding hydrogens is 396 g/mol. The van der Waals surface area contributed by atoms with Gasteiger partial charge in [0.2, 0.25) is 5.91 Å². The van der Waals surface area contributed by atoms with Crippen molar-refractivity contribution < 1.29 is 24.9 Å². The number of ether oxygens (including phenoxy) is 1. The highest BCUT2D eigenvalue weighted by atomic mass is 16.5. The number of aliphatic hydroxyl groups is 3. The number of carbonyl (C=O) groups excluding carboxylic acids is 1. The van der Waals surface area contributed by atoms with Gasteiger partial charge >= 0.3 is 0 Å². The Morgan fingerprint density at radius 2 is 2.07 bits per heavy atom. The summed E-state index contributed by atoms with van der Waals surface area (Å²) in [6.45, 7) is 0.00638. The van der Waals surface area contributed by atoms with Crippen LogP contribution in [0.25, 0.3) is 11.2 Å². The second-order valence-corrected chi connectivity index (χ2v) is 7.15. The number of H-pyrrole nitrogens is 1. The van der Waals surface area contributed by atoms with Crippen molar-refractivity contribution in [1.82, 2.24) is 25.3 Å². The number of nitrogens with two attached hydrogens (primary N) is 2. The van der Waals surface area contributed by atoms with Gasteiger partial charge in [-0.1, -0.05) is 6.42 Å². The number of unbranched alkanes of at least 4 members (excludes halogenated alkanes) is 1. The van der Waals surface area contributed by atoms with Crippen LogP contribution in [0.5, 0.6) is 0 Å². The number of aromatic amines is 1. The second-order valence-electron chi connectivity index (χ2n) is 7.15. The van der Waals surface area contributed by atoms with E-state index in [0.29, 0.717) is 36.4 Å². The van der Waals surface area contributed by atoms with Gasteiger partial charge in [0, 0.05) is 0 Å². The van der Waals surface area contributed by atoms with Gasteiger partial charge in [-0.3, -0.25) is 4.79 Å². The van der Waals surface area contributed by atoms with Crippen molar-refractivity contribution >= 4 is 22.9 Å². The minimum Gasteiger partial charge on any atom is -0.394 e. The molecule has 30 heavy (non-hydrogen) atoms. The summed E-state index contributed by atoms with van der Waals surface area (Å²) < 4.78 is 5.70. The molecule has 0 spiro atoms. The van der Waals surface area contributed by atoms with Crippen molar-refractivity contribution in [1.29, 1.82) is 0 Å². The first kappa shape index (κ1) is 22.3. The van der Waals surface area contributed by atoms with E-state index in [9.17, 15) is 20.1 Å². The molecule has 0 aromatic carbocycles. The van der Waals surface area contributed by atoms with Crippen LogP contribution in [0.2, 0.25) is 0 Å². The molecule has 1 aliphatic heterocycles. The number of nitrogens with one attached hydrogen (secondary N) is 3. The van der Waals surface area contributed by atoms with E-state index >= 15 is 0 Å². The van der Waals surface area contributed by atoms with Crippen molar-refractivity contribution in [2.45, 2.75) is 55.9 Å². The summed E-state index contributed by atoms with van der Waals surface area (Å²) in [6, 6.07) is -1.85. The Kier molecular flexibility index (Phi) is 7.47. The van der Waals surface area contributed by atoms with Gasteiger partial charge < -0.3 is 47.1 Å². The summed E-state index contributed by atoms with van der Waals surface area (Å²) in [7, 11) is 0. The SMILES string of the molecule is NCCCC[C@@H](N)C(=O)N[C@@H]1[C@@H](O)[C@H](O)[C@@H](Nc2ncnc3nc[nH]c23)O[C@H]1CO. The molecule has 13 nitrogen and oxygen atoms in total. The summed E-state index contributed by atoms with van der Waals surface area (Å²) in [5, 5.41) is 36.3. The molecule has 1 aliphatic rings. The third-order valence-corrected chi connectivity index (χ3v) is 5.05. The number of anilines is 1. The highest BCUT2D eigenvalue weighted by Gasteiger charge is 2.45. The number of rotatable bonds is 9.